The van der Waals surface area contributed by atoms with Crippen molar-refractivity contribution >= 4 is 12.2 Å². The highest BCUT2D eigenvalue weighted by Crippen LogP contribution is 2.27. The summed E-state index contributed by atoms with van der Waals surface area (Å²) >= 11 is 0. The molecule has 0 N–H and O–H groups in total. The number of hydrogen-bond donors (Lipinski definition) is 0. The summed E-state index contributed by atoms with van der Waals surface area (Å²) in [5.41, 5.74) is 6.04. The van der Waals surface area contributed by atoms with Crippen LogP contribution in [0.25, 0.3) is 17.8 Å². The number of para-hydroxylation sites is 1. The second-order valence-electron chi connectivity index (χ2n) is 5.02. The molecule has 2 heterocycles. The molecule has 3 aromatic rings. The van der Waals surface area contributed by atoms with Crippen molar-refractivity contribution in [2.24, 2.45) is 0 Å². The van der Waals surface area contributed by atoms with Gasteiger partial charge < -0.3 is 0 Å². The quantitative estimate of drug-likeness (QED) is 0.532. The largest absolute Gasteiger partial charge is 0.237 e. The summed E-state index contributed by atoms with van der Waals surface area (Å²) in [4.78, 5) is 0. The SMILES string of the molecule is C(=C\c1cc2n(n1)-c1ccccc1C2)/c1ccccc1. The van der Waals surface area contributed by atoms with Crippen LogP contribution in [0.5, 0.6) is 0 Å². The summed E-state index contributed by atoms with van der Waals surface area (Å²) < 4.78 is 2.06. The van der Waals surface area contributed by atoms with Gasteiger partial charge in [0.15, 0.2) is 0 Å². The smallest absolute Gasteiger partial charge is 0.0858 e. The Morgan fingerprint density at radius 1 is 0.900 bits per heavy atom. The Morgan fingerprint density at radius 3 is 2.60 bits per heavy atom. The van der Waals surface area contributed by atoms with E-state index in [9.17, 15) is 0 Å². The van der Waals surface area contributed by atoms with Gasteiger partial charge in [0.05, 0.1) is 11.4 Å². The molecule has 0 bridgehead atoms. The zero-order chi connectivity index (χ0) is 13.4. The first kappa shape index (κ1) is 11.2. The number of benzene rings is 2. The molecule has 4 rings (SSSR count). The second-order valence-corrected chi connectivity index (χ2v) is 5.02. The lowest BCUT2D eigenvalue weighted by molar-refractivity contribution is 0.866. The van der Waals surface area contributed by atoms with E-state index in [-0.39, 0.29) is 0 Å². The zero-order valence-corrected chi connectivity index (χ0v) is 11.0. The van der Waals surface area contributed by atoms with Crippen LogP contribution in [0.2, 0.25) is 0 Å². The Hall–Kier alpha value is -2.61. The molecule has 20 heavy (non-hydrogen) atoms. The molecule has 0 fully saturated rings. The average Bonchev–Trinajstić information content (AvgIpc) is 3.03. The molecule has 0 atom stereocenters. The molecule has 0 unspecified atom stereocenters. The van der Waals surface area contributed by atoms with Crippen LogP contribution in [0.4, 0.5) is 0 Å². The summed E-state index contributed by atoms with van der Waals surface area (Å²) in [6.07, 6.45) is 5.15. The normalized spacial score (nSPS) is 12.6. The summed E-state index contributed by atoms with van der Waals surface area (Å²) in [6.45, 7) is 0. The fourth-order valence-corrected chi connectivity index (χ4v) is 2.66. The number of hydrogen-bond acceptors (Lipinski definition) is 1. The number of aromatic nitrogens is 2. The molecule has 0 radical (unpaired) electrons. The molecule has 0 spiro atoms. The Balaban J connectivity index is 1.67. The van der Waals surface area contributed by atoms with E-state index in [0.29, 0.717) is 0 Å². The zero-order valence-electron chi connectivity index (χ0n) is 11.0. The highest BCUT2D eigenvalue weighted by molar-refractivity contribution is 5.68. The van der Waals surface area contributed by atoms with Crippen LogP contribution in [0.1, 0.15) is 22.5 Å². The Kier molecular flexibility index (Phi) is 2.52. The third-order valence-electron chi connectivity index (χ3n) is 3.64. The van der Waals surface area contributed by atoms with Crippen molar-refractivity contribution in [3.05, 3.63) is 83.2 Å². The van der Waals surface area contributed by atoms with Gasteiger partial charge in [-0.1, -0.05) is 54.6 Å². The van der Waals surface area contributed by atoms with E-state index in [1.165, 1.54) is 22.5 Å². The average molecular weight is 258 g/mol. The lowest BCUT2D eigenvalue weighted by atomic mass is 10.1. The van der Waals surface area contributed by atoms with Crippen molar-refractivity contribution in [3.8, 4) is 5.69 Å². The van der Waals surface area contributed by atoms with E-state index >= 15 is 0 Å². The molecule has 0 saturated heterocycles. The molecule has 1 aliphatic heterocycles. The van der Waals surface area contributed by atoms with E-state index < -0.39 is 0 Å². The maximum Gasteiger partial charge on any atom is 0.0858 e. The number of rotatable bonds is 2. The van der Waals surface area contributed by atoms with Crippen molar-refractivity contribution in [2.75, 3.05) is 0 Å². The van der Waals surface area contributed by atoms with Crippen LogP contribution in [0, 0.1) is 0 Å². The maximum absolute atomic E-state index is 4.68. The minimum absolute atomic E-state index is 0.975. The Labute approximate surface area is 118 Å². The molecule has 2 heteroatoms. The van der Waals surface area contributed by atoms with E-state index in [0.717, 1.165) is 12.1 Å². The molecule has 0 saturated carbocycles. The molecule has 96 valence electrons. The first-order valence-electron chi connectivity index (χ1n) is 6.80. The van der Waals surface area contributed by atoms with Gasteiger partial charge in [0, 0.05) is 12.1 Å². The predicted octanol–water partition coefficient (Wildman–Crippen LogP) is 3.95. The number of fused-ring (bicyclic) bond motifs is 3. The molecule has 2 nitrogen and oxygen atoms in total. The fourth-order valence-electron chi connectivity index (χ4n) is 2.66. The summed E-state index contributed by atoms with van der Waals surface area (Å²) in [6, 6.07) is 20.9. The standard InChI is InChI=1S/C18H14N2/c1-2-6-14(7-3-1)10-11-16-13-17-12-15-8-4-5-9-18(15)20(17)19-16/h1-11,13H,12H2/b11-10+. The highest BCUT2D eigenvalue weighted by Gasteiger charge is 2.18. The van der Waals surface area contributed by atoms with E-state index in [4.69, 9.17) is 0 Å². The lowest BCUT2D eigenvalue weighted by Gasteiger charge is -1.99. The Morgan fingerprint density at radius 2 is 1.70 bits per heavy atom. The van der Waals surface area contributed by atoms with Gasteiger partial charge in [-0.05, 0) is 29.3 Å². The van der Waals surface area contributed by atoms with Gasteiger partial charge in [-0.15, -0.1) is 0 Å². The first-order valence-corrected chi connectivity index (χ1v) is 6.80. The van der Waals surface area contributed by atoms with Gasteiger partial charge in [0.25, 0.3) is 0 Å². The molecule has 2 aromatic carbocycles. The van der Waals surface area contributed by atoms with Crippen LogP contribution in [-0.2, 0) is 6.42 Å². The topological polar surface area (TPSA) is 17.8 Å². The van der Waals surface area contributed by atoms with E-state index in [1.54, 1.807) is 0 Å². The van der Waals surface area contributed by atoms with Crippen molar-refractivity contribution in [2.45, 2.75) is 6.42 Å². The first-order chi connectivity index (χ1) is 9.90. The maximum atomic E-state index is 4.68. The van der Waals surface area contributed by atoms with Crippen LogP contribution in [0.15, 0.2) is 60.7 Å². The summed E-state index contributed by atoms with van der Waals surface area (Å²) in [7, 11) is 0. The van der Waals surface area contributed by atoms with Gasteiger partial charge in [-0.2, -0.15) is 5.10 Å². The second kappa shape index (κ2) is 4.49. The third kappa shape index (κ3) is 1.86. The summed E-state index contributed by atoms with van der Waals surface area (Å²) in [5, 5.41) is 4.68. The molecular weight excluding hydrogens is 244 g/mol. The van der Waals surface area contributed by atoms with Gasteiger partial charge in [0.2, 0.25) is 0 Å². The van der Waals surface area contributed by atoms with Gasteiger partial charge >= 0.3 is 0 Å². The minimum atomic E-state index is 0.975. The van der Waals surface area contributed by atoms with Crippen molar-refractivity contribution < 1.29 is 0 Å². The predicted molar refractivity (Wildman–Crippen MR) is 81.7 cm³/mol. The van der Waals surface area contributed by atoms with E-state index in [2.05, 4.69) is 64.4 Å². The highest BCUT2D eigenvalue weighted by atomic mass is 15.3. The van der Waals surface area contributed by atoms with Gasteiger partial charge in [-0.25, -0.2) is 4.68 Å². The Bertz CT molecular complexity index is 782. The molecule has 0 amide bonds. The molecule has 0 aliphatic carbocycles. The molecule has 1 aliphatic rings. The van der Waals surface area contributed by atoms with Crippen molar-refractivity contribution in [1.82, 2.24) is 9.78 Å². The van der Waals surface area contributed by atoms with Crippen molar-refractivity contribution in [1.29, 1.82) is 0 Å². The third-order valence-corrected chi connectivity index (χ3v) is 3.64. The number of nitrogens with zero attached hydrogens (tertiary/aromatic N) is 2. The van der Waals surface area contributed by atoms with Gasteiger partial charge in [0.1, 0.15) is 0 Å². The van der Waals surface area contributed by atoms with Gasteiger partial charge in [-0.3, -0.25) is 0 Å². The van der Waals surface area contributed by atoms with Crippen LogP contribution >= 0.6 is 0 Å². The van der Waals surface area contributed by atoms with E-state index in [1.807, 2.05) is 18.2 Å². The molecular formula is C18H14N2. The van der Waals surface area contributed by atoms with Crippen LogP contribution in [0.3, 0.4) is 0 Å². The van der Waals surface area contributed by atoms with Crippen molar-refractivity contribution in [3.63, 3.8) is 0 Å². The lowest BCUT2D eigenvalue weighted by Crippen LogP contribution is -1.93. The minimum Gasteiger partial charge on any atom is -0.237 e. The van der Waals surface area contributed by atoms with Crippen LogP contribution in [-0.4, -0.2) is 9.78 Å². The molecule has 1 aromatic heterocycles. The monoisotopic (exact) mass is 258 g/mol. The van der Waals surface area contributed by atoms with Crippen LogP contribution < -0.4 is 0 Å². The summed E-state index contributed by atoms with van der Waals surface area (Å²) in [5.74, 6) is 0. The fraction of sp³-hybridized carbons (Fsp3) is 0.0556.